The van der Waals surface area contributed by atoms with Crippen LogP contribution >= 0.6 is 92.8 Å². The van der Waals surface area contributed by atoms with E-state index in [1.165, 1.54) is 0 Å². The van der Waals surface area contributed by atoms with Gasteiger partial charge in [-0.05, 0) is 107 Å². The maximum absolute atomic E-state index is 7.76. The van der Waals surface area contributed by atoms with Crippen molar-refractivity contribution >= 4 is 92.8 Å². The van der Waals surface area contributed by atoms with Gasteiger partial charge >= 0.3 is 0 Å². The molecule has 241 valence electrons. The number of rotatable bonds is 31. The Kier molecular flexibility index (Phi) is 30.4. The third-order valence-corrected chi connectivity index (χ3v) is 11.3. The summed E-state index contributed by atoms with van der Waals surface area (Å²) in [4.78, 5) is 0. The zero-order valence-corrected chi connectivity index (χ0v) is 30.9. The van der Waals surface area contributed by atoms with Crippen LogP contribution in [0, 0.1) is 16.7 Å². The van der Waals surface area contributed by atoms with Crippen LogP contribution in [-0.4, -0.2) is 46.5 Å². The number of halogens is 8. The van der Waals surface area contributed by atoms with Gasteiger partial charge in [0.1, 0.15) is 0 Å². The molecule has 1 atom stereocenters. The van der Waals surface area contributed by atoms with Crippen LogP contribution in [-0.2, 0) is 0 Å². The van der Waals surface area contributed by atoms with Crippen molar-refractivity contribution in [1.82, 2.24) is 0 Å². The lowest BCUT2D eigenvalue weighted by molar-refractivity contribution is -0.0122. The van der Waals surface area contributed by atoms with Crippen LogP contribution in [0.15, 0.2) is 0 Å². The molecular formula is C32H57Cl8. The Morgan fingerprint density at radius 2 is 0.725 bits per heavy atom. The first-order chi connectivity index (χ1) is 19.5. The Balaban J connectivity index is 7.12. The van der Waals surface area contributed by atoms with E-state index < -0.39 is 0 Å². The first kappa shape index (κ1) is 42.3. The Morgan fingerprint density at radius 3 is 1.10 bits per heavy atom. The van der Waals surface area contributed by atoms with Gasteiger partial charge in [0.15, 0.2) is 0 Å². The highest BCUT2D eigenvalue weighted by molar-refractivity contribution is 6.21. The van der Waals surface area contributed by atoms with E-state index in [0.29, 0.717) is 41.2 Å². The molecule has 0 saturated heterocycles. The SMILES string of the molecule is ClCCCC[C](CCCCCl)C(CCCCCl)(CCCCCl)C(CCCCCl)(CCCCCl)C(Cl)CCCCCl. The van der Waals surface area contributed by atoms with Crippen LogP contribution in [0.1, 0.15) is 135 Å². The predicted octanol–water partition coefficient (Wildman–Crippen LogP) is 14.0. The van der Waals surface area contributed by atoms with Gasteiger partial charge < -0.3 is 0 Å². The molecule has 0 N–H and O–H groups in total. The van der Waals surface area contributed by atoms with Gasteiger partial charge in [-0.3, -0.25) is 0 Å². The molecular weight excluding hydrogens is 668 g/mol. The monoisotopic (exact) mass is 721 g/mol. The smallest absolute Gasteiger partial charge is 0.0397 e. The Morgan fingerprint density at radius 1 is 0.400 bits per heavy atom. The number of unbranched alkanes of at least 4 members (excludes halogenated alkanes) is 7. The molecule has 0 aromatic heterocycles. The molecule has 0 fully saturated rings. The van der Waals surface area contributed by atoms with Gasteiger partial charge in [0.25, 0.3) is 0 Å². The van der Waals surface area contributed by atoms with E-state index >= 15 is 0 Å². The lowest BCUT2D eigenvalue weighted by Gasteiger charge is -2.59. The van der Waals surface area contributed by atoms with E-state index in [-0.39, 0.29) is 16.2 Å². The quantitative estimate of drug-likeness (QED) is 0.0493. The van der Waals surface area contributed by atoms with Gasteiger partial charge in [0, 0.05) is 46.5 Å². The van der Waals surface area contributed by atoms with Crippen molar-refractivity contribution in [3.8, 4) is 0 Å². The van der Waals surface area contributed by atoms with Gasteiger partial charge in [0.05, 0.1) is 0 Å². The first-order valence-corrected chi connectivity index (χ1v) is 20.1. The van der Waals surface area contributed by atoms with E-state index in [2.05, 4.69) is 0 Å². The highest BCUT2D eigenvalue weighted by Crippen LogP contribution is 2.64. The average molecular weight is 725 g/mol. The van der Waals surface area contributed by atoms with Gasteiger partial charge in [-0.15, -0.1) is 92.8 Å². The standard InChI is InChI=1S/C32H57Cl8/c33-22-8-1-15-29(16-2-9-23-34)31(18-4-11-25-36,19-5-12-26-37)32(20-6-13-27-38,21-7-14-28-39)30(40)17-3-10-24-35/h30H,1-28H2. The summed E-state index contributed by atoms with van der Waals surface area (Å²) >= 11 is 51.4. The molecule has 0 saturated carbocycles. The van der Waals surface area contributed by atoms with Crippen molar-refractivity contribution in [2.45, 2.75) is 140 Å². The van der Waals surface area contributed by atoms with Crippen LogP contribution in [0.5, 0.6) is 0 Å². The van der Waals surface area contributed by atoms with Gasteiger partial charge in [-0.25, -0.2) is 0 Å². The van der Waals surface area contributed by atoms with E-state index in [9.17, 15) is 0 Å². The Bertz CT molecular complexity index is 503. The summed E-state index contributed by atoms with van der Waals surface area (Å²) in [6.07, 6.45) is 22.4. The van der Waals surface area contributed by atoms with Crippen LogP contribution < -0.4 is 0 Å². The maximum Gasteiger partial charge on any atom is 0.0397 e. The molecule has 0 spiro atoms. The van der Waals surface area contributed by atoms with Crippen molar-refractivity contribution < 1.29 is 0 Å². The Labute approximate surface area is 288 Å². The van der Waals surface area contributed by atoms with Gasteiger partial charge in [-0.1, -0.05) is 44.9 Å². The van der Waals surface area contributed by atoms with Crippen molar-refractivity contribution in [1.29, 1.82) is 0 Å². The number of hydrogen-bond acceptors (Lipinski definition) is 0. The lowest BCUT2D eigenvalue weighted by Crippen LogP contribution is -2.52. The van der Waals surface area contributed by atoms with Crippen molar-refractivity contribution in [2.24, 2.45) is 10.8 Å². The summed E-state index contributed by atoms with van der Waals surface area (Å²) in [6.45, 7) is 0. The first-order valence-electron chi connectivity index (χ1n) is 15.9. The fourth-order valence-electron chi connectivity index (χ4n) is 6.82. The summed E-state index contributed by atoms with van der Waals surface area (Å²) in [5, 5.41) is 0.0597. The molecule has 0 aliphatic rings. The second-order valence-corrected chi connectivity index (χ2v) is 14.5. The van der Waals surface area contributed by atoms with E-state index in [0.717, 1.165) is 135 Å². The Hall–Kier alpha value is 2.32. The second kappa shape index (κ2) is 28.8. The minimum Gasteiger partial charge on any atom is -0.127 e. The molecule has 0 bridgehead atoms. The predicted molar refractivity (Wildman–Crippen MR) is 190 cm³/mol. The molecule has 0 aromatic carbocycles. The highest BCUT2D eigenvalue weighted by Gasteiger charge is 2.56. The van der Waals surface area contributed by atoms with E-state index in [1.54, 1.807) is 5.92 Å². The normalized spacial score (nSPS) is 13.4. The van der Waals surface area contributed by atoms with Crippen LogP contribution in [0.2, 0.25) is 0 Å². The zero-order valence-electron chi connectivity index (χ0n) is 24.9. The molecule has 0 aliphatic carbocycles. The molecule has 0 rings (SSSR count). The van der Waals surface area contributed by atoms with Crippen molar-refractivity contribution in [2.75, 3.05) is 41.2 Å². The molecule has 40 heavy (non-hydrogen) atoms. The number of alkyl halides is 8. The fraction of sp³-hybridized carbons (Fsp3) is 0.969. The van der Waals surface area contributed by atoms with Crippen LogP contribution in [0.25, 0.3) is 0 Å². The van der Waals surface area contributed by atoms with E-state index in [4.69, 9.17) is 92.8 Å². The highest BCUT2D eigenvalue weighted by atomic mass is 35.5. The van der Waals surface area contributed by atoms with Crippen LogP contribution in [0.3, 0.4) is 0 Å². The summed E-state index contributed by atoms with van der Waals surface area (Å²) in [5.74, 6) is 6.54. The molecule has 0 aromatic rings. The average Bonchev–Trinajstić information content (AvgIpc) is 2.95. The molecule has 8 heteroatoms. The molecule has 1 radical (unpaired) electrons. The third-order valence-electron chi connectivity index (χ3n) is 8.78. The molecule has 0 nitrogen and oxygen atoms in total. The zero-order chi connectivity index (χ0) is 30.0. The summed E-state index contributed by atoms with van der Waals surface area (Å²) in [7, 11) is 0. The van der Waals surface area contributed by atoms with Crippen molar-refractivity contribution in [3.63, 3.8) is 0 Å². The second-order valence-electron chi connectivity index (χ2n) is 11.4. The molecule has 1 unspecified atom stereocenters. The maximum atomic E-state index is 7.76. The topological polar surface area (TPSA) is 0 Å². The van der Waals surface area contributed by atoms with Crippen molar-refractivity contribution in [3.05, 3.63) is 5.92 Å². The number of hydrogen-bond donors (Lipinski definition) is 0. The van der Waals surface area contributed by atoms with Crippen LogP contribution in [0.4, 0.5) is 0 Å². The third kappa shape index (κ3) is 16.1. The molecule has 0 amide bonds. The summed E-state index contributed by atoms with van der Waals surface area (Å²) in [6, 6.07) is 0. The minimum absolute atomic E-state index is 0.00967. The van der Waals surface area contributed by atoms with E-state index in [1.807, 2.05) is 0 Å². The molecule has 0 heterocycles. The van der Waals surface area contributed by atoms with Gasteiger partial charge in [0.2, 0.25) is 0 Å². The molecule has 0 aliphatic heterocycles. The van der Waals surface area contributed by atoms with Gasteiger partial charge in [-0.2, -0.15) is 0 Å². The largest absolute Gasteiger partial charge is 0.127 e. The minimum atomic E-state index is -0.0468. The fourth-order valence-corrected chi connectivity index (χ4v) is 8.73. The summed E-state index contributed by atoms with van der Waals surface area (Å²) in [5.41, 5.74) is -0.0371. The summed E-state index contributed by atoms with van der Waals surface area (Å²) < 4.78 is 0. The lowest BCUT2D eigenvalue weighted by atomic mass is 9.47.